The monoisotopic (exact) mass is 320 g/mol. The van der Waals surface area contributed by atoms with E-state index in [0.29, 0.717) is 34.2 Å². The lowest BCUT2D eigenvalue weighted by molar-refractivity contribution is 0.215. The molecule has 23 heavy (non-hydrogen) atoms. The zero-order valence-corrected chi connectivity index (χ0v) is 14.3. The van der Waals surface area contributed by atoms with Crippen LogP contribution in [0.5, 0.6) is 11.5 Å². The fraction of sp³-hybridized carbons (Fsp3) is 0.333. The molecule has 0 saturated heterocycles. The van der Waals surface area contributed by atoms with Gasteiger partial charge in [-0.05, 0) is 42.3 Å². The largest absolute Gasteiger partial charge is 0.501 e. The van der Waals surface area contributed by atoms with Gasteiger partial charge in [-0.1, -0.05) is 6.58 Å². The number of benzene rings is 1. The van der Waals surface area contributed by atoms with E-state index >= 15 is 0 Å². The topological polar surface area (TPSA) is 57.2 Å². The zero-order valence-electron chi connectivity index (χ0n) is 14.3. The molecule has 0 bridgehead atoms. The van der Waals surface area contributed by atoms with Crippen LogP contribution < -0.4 is 9.47 Å². The van der Waals surface area contributed by atoms with Crippen molar-refractivity contribution in [2.75, 3.05) is 28.4 Å². The molecule has 0 spiro atoms. The summed E-state index contributed by atoms with van der Waals surface area (Å²) in [7, 11) is 6.20. The van der Waals surface area contributed by atoms with Gasteiger partial charge in [-0.15, -0.1) is 0 Å². The first-order chi connectivity index (χ1) is 10.9. The number of ether oxygens (including phenoxy) is 4. The van der Waals surface area contributed by atoms with Crippen LogP contribution in [0.1, 0.15) is 18.6 Å². The number of methoxy groups -OCH3 is 4. The van der Waals surface area contributed by atoms with Crippen LogP contribution in [-0.4, -0.2) is 33.5 Å². The molecule has 0 aliphatic carbocycles. The molecule has 0 aromatic heterocycles. The Labute approximate surface area is 137 Å². The van der Waals surface area contributed by atoms with Crippen LogP contribution in [0.15, 0.2) is 54.0 Å². The van der Waals surface area contributed by atoms with E-state index in [1.165, 1.54) is 7.11 Å². The Morgan fingerprint density at radius 1 is 1.00 bits per heavy atom. The van der Waals surface area contributed by atoms with Crippen molar-refractivity contribution in [2.45, 2.75) is 13.0 Å². The number of aliphatic hydroxyl groups is 1. The molecule has 0 radical (unpaired) electrons. The molecule has 0 aliphatic rings. The van der Waals surface area contributed by atoms with E-state index in [1.807, 2.05) is 0 Å². The average molecular weight is 320 g/mol. The van der Waals surface area contributed by atoms with Gasteiger partial charge in [0.05, 0.1) is 34.2 Å². The van der Waals surface area contributed by atoms with Gasteiger partial charge in [-0.25, -0.2) is 0 Å². The second-order valence-corrected chi connectivity index (χ2v) is 4.82. The highest BCUT2D eigenvalue weighted by molar-refractivity contribution is 5.44. The van der Waals surface area contributed by atoms with Gasteiger partial charge in [0.15, 0.2) is 0 Å². The number of hydrogen-bond acceptors (Lipinski definition) is 5. The van der Waals surface area contributed by atoms with Crippen molar-refractivity contribution in [3.8, 4) is 11.5 Å². The lowest BCUT2D eigenvalue weighted by Gasteiger charge is -2.16. The van der Waals surface area contributed by atoms with Gasteiger partial charge in [-0.3, -0.25) is 0 Å². The van der Waals surface area contributed by atoms with Crippen LogP contribution in [0.3, 0.4) is 0 Å². The summed E-state index contributed by atoms with van der Waals surface area (Å²) in [6.07, 6.45) is 2.45. The maximum atomic E-state index is 10.7. The summed E-state index contributed by atoms with van der Waals surface area (Å²) in [4.78, 5) is 0. The standard InChI is InChI=1S/C18H24O5/c1-12(20-3)7-14(8-13(2)21-4)18(19)15-9-16(22-5)11-17(10-15)23-6/h7-11,18-19H,1H2,2-6H3/b13-8+,14-7+. The van der Waals surface area contributed by atoms with Gasteiger partial charge in [0.2, 0.25) is 0 Å². The lowest BCUT2D eigenvalue weighted by Crippen LogP contribution is -2.03. The minimum atomic E-state index is -0.920. The van der Waals surface area contributed by atoms with E-state index in [-0.39, 0.29) is 0 Å². The molecule has 1 unspecified atom stereocenters. The predicted octanol–water partition coefficient (Wildman–Crippen LogP) is 3.37. The second-order valence-electron chi connectivity index (χ2n) is 4.82. The van der Waals surface area contributed by atoms with E-state index in [4.69, 9.17) is 18.9 Å². The van der Waals surface area contributed by atoms with Crippen LogP contribution in [0.2, 0.25) is 0 Å². The molecule has 1 atom stereocenters. The van der Waals surface area contributed by atoms with E-state index in [1.54, 1.807) is 58.6 Å². The Hall–Kier alpha value is -2.40. The Morgan fingerprint density at radius 2 is 1.57 bits per heavy atom. The van der Waals surface area contributed by atoms with E-state index in [0.717, 1.165) is 0 Å². The van der Waals surface area contributed by atoms with Crippen molar-refractivity contribution in [3.63, 3.8) is 0 Å². The highest BCUT2D eigenvalue weighted by atomic mass is 16.5. The highest BCUT2D eigenvalue weighted by Crippen LogP contribution is 2.31. The normalized spacial score (nSPS) is 13.3. The van der Waals surface area contributed by atoms with Crippen molar-refractivity contribution in [1.82, 2.24) is 0 Å². The molecule has 126 valence electrons. The lowest BCUT2D eigenvalue weighted by atomic mass is 9.99. The third-order valence-corrected chi connectivity index (χ3v) is 3.29. The molecule has 5 heteroatoms. The van der Waals surface area contributed by atoms with Gasteiger partial charge < -0.3 is 24.1 Å². The Kier molecular flexibility index (Phi) is 7.22. The third kappa shape index (κ3) is 5.38. The molecule has 1 N–H and O–H groups in total. The number of aliphatic hydroxyl groups excluding tert-OH is 1. The van der Waals surface area contributed by atoms with Crippen LogP contribution in [0.25, 0.3) is 0 Å². The van der Waals surface area contributed by atoms with Crippen LogP contribution in [0, 0.1) is 0 Å². The van der Waals surface area contributed by atoms with Crippen molar-refractivity contribution in [1.29, 1.82) is 0 Å². The summed E-state index contributed by atoms with van der Waals surface area (Å²) >= 11 is 0. The van der Waals surface area contributed by atoms with E-state index < -0.39 is 6.10 Å². The van der Waals surface area contributed by atoms with Gasteiger partial charge in [0.1, 0.15) is 23.4 Å². The summed E-state index contributed by atoms with van der Waals surface area (Å²) in [5, 5.41) is 10.7. The molecule has 0 amide bonds. The maximum absolute atomic E-state index is 10.7. The smallest absolute Gasteiger partial charge is 0.122 e. The molecule has 0 heterocycles. The molecule has 1 rings (SSSR count). The molecular formula is C18H24O5. The first-order valence-electron chi connectivity index (χ1n) is 7.03. The van der Waals surface area contributed by atoms with Crippen LogP contribution in [-0.2, 0) is 9.47 Å². The zero-order chi connectivity index (χ0) is 17.4. The minimum absolute atomic E-state index is 0.425. The molecule has 1 aromatic carbocycles. The van der Waals surface area contributed by atoms with Gasteiger partial charge in [0.25, 0.3) is 0 Å². The van der Waals surface area contributed by atoms with Gasteiger partial charge in [-0.2, -0.15) is 0 Å². The average Bonchev–Trinajstić information content (AvgIpc) is 2.59. The number of allylic oxidation sites excluding steroid dienone is 2. The molecule has 0 aliphatic heterocycles. The van der Waals surface area contributed by atoms with Gasteiger partial charge >= 0.3 is 0 Å². The SMILES string of the molecule is C=C(/C=C(\C=C(/C)OC)C(O)c1cc(OC)cc(OC)c1)OC. The predicted molar refractivity (Wildman–Crippen MR) is 89.5 cm³/mol. The van der Waals surface area contributed by atoms with E-state index in [9.17, 15) is 5.11 Å². The third-order valence-electron chi connectivity index (χ3n) is 3.29. The Balaban J connectivity index is 3.31. The Bertz CT molecular complexity index is 579. The van der Waals surface area contributed by atoms with Crippen LogP contribution >= 0.6 is 0 Å². The quantitative estimate of drug-likeness (QED) is 0.588. The maximum Gasteiger partial charge on any atom is 0.122 e. The summed E-state index contributed by atoms with van der Waals surface area (Å²) in [6.45, 7) is 5.55. The summed E-state index contributed by atoms with van der Waals surface area (Å²) in [5.41, 5.74) is 1.20. The van der Waals surface area contributed by atoms with Crippen molar-refractivity contribution >= 4 is 0 Å². The second kappa shape index (κ2) is 8.90. The van der Waals surface area contributed by atoms with Crippen molar-refractivity contribution in [2.24, 2.45) is 0 Å². The fourth-order valence-electron chi connectivity index (χ4n) is 1.92. The molecule has 0 saturated carbocycles. The number of rotatable bonds is 8. The Morgan fingerprint density at radius 3 is 2.00 bits per heavy atom. The highest BCUT2D eigenvalue weighted by Gasteiger charge is 2.15. The summed E-state index contributed by atoms with van der Waals surface area (Å²) < 4.78 is 20.7. The number of hydrogen-bond donors (Lipinski definition) is 1. The minimum Gasteiger partial charge on any atom is -0.501 e. The van der Waals surface area contributed by atoms with E-state index in [2.05, 4.69) is 6.58 Å². The summed E-state index contributed by atoms with van der Waals surface area (Å²) in [6, 6.07) is 5.23. The molecule has 0 fully saturated rings. The van der Waals surface area contributed by atoms with Crippen molar-refractivity contribution < 1.29 is 24.1 Å². The van der Waals surface area contributed by atoms with Crippen LogP contribution in [0.4, 0.5) is 0 Å². The first-order valence-corrected chi connectivity index (χ1v) is 7.03. The van der Waals surface area contributed by atoms with Crippen molar-refractivity contribution in [3.05, 3.63) is 59.6 Å². The molecular weight excluding hydrogens is 296 g/mol. The first kappa shape index (κ1) is 18.6. The fourth-order valence-corrected chi connectivity index (χ4v) is 1.92. The molecule has 5 nitrogen and oxygen atoms in total. The molecule has 1 aromatic rings. The van der Waals surface area contributed by atoms with Gasteiger partial charge in [0, 0.05) is 6.07 Å². The summed E-state index contributed by atoms with van der Waals surface area (Å²) in [5.74, 6) is 2.26.